The monoisotopic (exact) mass is 490 g/mol. The van der Waals surface area contributed by atoms with Gasteiger partial charge in [0.2, 0.25) is 5.89 Å². The van der Waals surface area contributed by atoms with E-state index in [1.165, 1.54) is 12.1 Å². The van der Waals surface area contributed by atoms with Crippen LogP contribution in [0.3, 0.4) is 0 Å². The molecule has 0 amide bonds. The summed E-state index contributed by atoms with van der Waals surface area (Å²) >= 11 is 0. The van der Waals surface area contributed by atoms with Gasteiger partial charge in [0.1, 0.15) is 17.3 Å². The van der Waals surface area contributed by atoms with E-state index in [0.29, 0.717) is 37.3 Å². The molecule has 27 heavy (non-hydrogen) atoms. The molecule has 0 radical (unpaired) electrons. The van der Waals surface area contributed by atoms with Crippen molar-refractivity contribution in [2.45, 2.75) is 39.2 Å². The lowest BCUT2D eigenvalue weighted by molar-refractivity contribution is 0.310. The zero-order valence-electron chi connectivity index (χ0n) is 16.2. The van der Waals surface area contributed by atoms with Crippen molar-refractivity contribution in [3.8, 4) is 5.75 Å². The number of oxazole rings is 1. The number of rotatable bonds is 7. The molecule has 0 saturated carbocycles. The highest BCUT2D eigenvalue weighted by molar-refractivity contribution is 14.0. The Morgan fingerprint density at radius 2 is 1.93 bits per heavy atom. The van der Waals surface area contributed by atoms with Gasteiger partial charge in [-0.2, -0.15) is 0 Å². The number of hydrogen-bond donors (Lipinski definition) is 2. The highest BCUT2D eigenvalue weighted by Gasteiger charge is 2.19. The largest absolute Gasteiger partial charge is 0.494 e. The van der Waals surface area contributed by atoms with E-state index >= 15 is 0 Å². The van der Waals surface area contributed by atoms with Gasteiger partial charge >= 0.3 is 0 Å². The summed E-state index contributed by atoms with van der Waals surface area (Å²) < 4.78 is 24.1. The quantitative estimate of drug-likeness (QED) is 0.267. The van der Waals surface area contributed by atoms with Crippen LogP contribution in [-0.4, -0.2) is 31.1 Å². The lowest BCUT2D eigenvalue weighted by Crippen LogP contribution is -2.37. The number of ether oxygens (including phenoxy) is 1. The summed E-state index contributed by atoms with van der Waals surface area (Å²) in [7, 11) is 1.71. The highest BCUT2D eigenvalue weighted by atomic mass is 127. The molecule has 0 saturated heterocycles. The molecular formula is C19H28FIN4O2. The standard InChI is InChI=1S/C19H27FN4O2.HI/c1-19(2,3)16-12-23-17(26-16)13-24-18(21-4)22-10-5-11-25-15-8-6-14(20)7-9-15;/h6-9,12H,5,10-11,13H2,1-4H3,(H2,21,22,24);1H. The van der Waals surface area contributed by atoms with E-state index in [-0.39, 0.29) is 35.2 Å². The maximum Gasteiger partial charge on any atom is 0.213 e. The van der Waals surface area contributed by atoms with Crippen molar-refractivity contribution in [3.05, 3.63) is 47.9 Å². The number of hydrogen-bond acceptors (Lipinski definition) is 4. The van der Waals surface area contributed by atoms with Gasteiger partial charge in [0.25, 0.3) is 0 Å². The van der Waals surface area contributed by atoms with Crippen molar-refractivity contribution in [2.75, 3.05) is 20.2 Å². The third kappa shape index (κ3) is 8.15. The molecule has 0 aliphatic carbocycles. The minimum Gasteiger partial charge on any atom is -0.494 e. The van der Waals surface area contributed by atoms with Crippen LogP contribution in [0.25, 0.3) is 0 Å². The Morgan fingerprint density at radius 3 is 2.52 bits per heavy atom. The molecule has 0 fully saturated rings. The maximum atomic E-state index is 12.8. The van der Waals surface area contributed by atoms with Gasteiger partial charge in [-0.3, -0.25) is 4.99 Å². The number of aliphatic imine (C=N–C) groups is 1. The Morgan fingerprint density at radius 1 is 1.22 bits per heavy atom. The number of benzene rings is 1. The molecule has 1 heterocycles. The molecule has 6 nitrogen and oxygen atoms in total. The molecule has 0 bridgehead atoms. The smallest absolute Gasteiger partial charge is 0.213 e. The topological polar surface area (TPSA) is 71.7 Å². The third-order valence-electron chi connectivity index (χ3n) is 3.62. The van der Waals surface area contributed by atoms with E-state index in [1.54, 1.807) is 25.4 Å². The van der Waals surface area contributed by atoms with E-state index < -0.39 is 0 Å². The van der Waals surface area contributed by atoms with Crippen LogP contribution >= 0.6 is 24.0 Å². The van der Waals surface area contributed by atoms with Crippen LogP contribution in [0.2, 0.25) is 0 Å². The van der Waals surface area contributed by atoms with Gasteiger partial charge in [0, 0.05) is 19.0 Å². The predicted octanol–water partition coefficient (Wildman–Crippen LogP) is 3.86. The van der Waals surface area contributed by atoms with Crippen molar-refractivity contribution in [1.29, 1.82) is 0 Å². The van der Waals surface area contributed by atoms with Gasteiger partial charge in [-0.05, 0) is 30.7 Å². The first-order valence-electron chi connectivity index (χ1n) is 8.66. The lowest BCUT2D eigenvalue weighted by Gasteiger charge is -2.13. The average molecular weight is 490 g/mol. The lowest BCUT2D eigenvalue weighted by atomic mass is 9.94. The zero-order valence-corrected chi connectivity index (χ0v) is 18.5. The van der Waals surface area contributed by atoms with Crippen molar-refractivity contribution in [3.63, 3.8) is 0 Å². The summed E-state index contributed by atoms with van der Waals surface area (Å²) in [4.78, 5) is 8.45. The van der Waals surface area contributed by atoms with Crippen molar-refractivity contribution < 1.29 is 13.5 Å². The van der Waals surface area contributed by atoms with Crippen molar-refractivity contribution in [2.24, 2.45) is 4.99 Å². The second-order valence-electron chi connectivity index (χ2n) is 6.88. The Balaban J connectivity index is 0.00000364. The van der Waals surface area contributed by atoms with Gasteiger partial charge in [-0.15, -0.1) is 24.0 Å². The minimum absolute atomic E-state index is 0. The molecule has 2 aromatic rings. The highest BCUT2D eigenvalue weighted by Crippen LogP contribution is 2.22. The normalized spacial score (nSPS) is 11.7. The predicted molar refractivity (Wildman–Crippen MR) is 115 cm³/mol. The Bertz CT molecular complexity index is 711. The van der Waals surface area contributed by atoms with Crippen molar-refractivity contribution in [1.82, 2.24) is 15.6 Å². The van der Waals surface area contributed by atoms with Crippen LogP contribution in [0.4, 0.5) is 4.39 Å². The number of nitrogens with one attached hydrogen (secondary N) is 2. The number of guanidine groups is 1. The first-order chi connectivity index (χ1) is 12.4. The summed E-state index contributed by atoms with van der Waals surface area (Å²) in [5.74, 6) is 2.54. The summed E-state index contributed by atoms with van der Waals surface area (Å²) in [6.45, 7) is 7.93. The molecular weight excluding hydrogens is 462 g/mol. The van der Waals surface area contributed by atoms with Crippen LogP contribution in [0.15, 0.2) is 39.9 Å². The van der Waals surface area contributed by atoms with Crippen LogP contribution in [0, 0.1) is 5.82 Å². The third-order valence-corrected chi connectivity index (χ3v) is 3.62. The summed E-state index contributed by atoms with van der Waals surface area (Å²) in [6.07, 6.45) is 2.55. The molecule has 8 heteroatoms. The molecule has 0 unspecified atom stereocenters. The van der Waals surface area contributed by atoms with Crippen LogP contribution < -0.4 is 15.4 Å². The fraction of sp³-hybridized carbons (Fsp3) is 0.474. The van der Waals surface area contributed by atoms with Crippen LogP contribution in [0.1, 0.15) is 38.8 Å². The molecule has 2 rings (SSSR count). The van der Waals surface area contributed by atoms with Gasteiger partial charge in [-0.1, -0.05) is 20.8 Å². The SMILES string of the molecule is CN=C(NCCCOc1ccc(F)cc1)NCc1ncc(C(C)(C)C)o1.I. The second kappa shape index (κ2) is 11.1. The summed E-state index contributed by atoms with van der Waals surface area (Å²) in [5, 5.41) is 6.37. The number of nitrogens with zero attached hydrogens (tertiary/aromatic N) is 2. The first kappa shape index (κ1) is 23.2. The van der Waals surface area contributed by atoms with E-state index in [9.17, 15) is 4.39 Å². The van der Waals surface area contributed by atoms with E-state index in [1.807, 2.05) is 0 Å². The molecule has 1 aromatic heterocycles. The first-order valence-corrected chi connectivity index (χ1v) is 8.66. The fourth-order valence-corrected chi connectivity index (χ4v) is 2.12. The van der Waals surface area contributed by atoms with Gasteiger partial charge in [0.05, 0.1) is 19.3 Å². The Kier molecular flexibility index (Phi) is 9.54. The van der Waals surface area contributed by atoms with Crippen LogP contribution in [0.5, 0.6) is 5.75 Å². The van der Waals surface area contributed by atoms with Gasteiger partial charge < -0.3 is 19.8 Å². The zero-order chi connectivity index (χ0) is 19.0. The van der Waals surface area contributed by atoms with Crippen molar-refractivity contribution >= 4 is 29.9 Å². The molecule has 150 valence electrons. The van der Waals surface area contributed by atoms with Gasteiger partial charge in [0.15, 0.2) is 5.96 Å². The molecule has 0 spiro atoms. The molecule has 0 atom stereocenters. The van der Waals surface area contributed by atoms with Gasteiger partial charge in [-0.25, -0.2) is 9.37 Å². The Hall–Kier alpha value is -1.84. The number of aromatic nitrogens is 1. The van der Waals surface area contributed by atoms with E-state index in [0.717, 1.165) is 12.2 Å². The molecule has 2 N–H and O–H groups in total. The minimum atomic E-state index is -0.269. The van der Waals surface area contributed by atoms with Crippen LogP contribution in [-0.2, 0) is 12.0 Å². The number of halogens is 2. The fourth-order valence-electron chi connectivity index (χ4n) is 2.12. The molecule has 0 aliphatic heterocycles. The van der Waals surface area contributed by atoms with E-state index in [4.69, 9.17) is 9.15 Å². The maximum absolute atomic E-state index is 12.8. The second-order valence-corrected chi connectivity index (χ2v) is 6.88. The van der Waals surface area contributed by atoms with E-state index in [2.05, 4.69) is 41.4 Å². The summed E-state index contributed by atoms with van der Waals surface area (Å²) in [6, 6.07) is 6.00. The average Bonchev–Trinajstić information content (AvgIpc) is 3.08. The summed E-state index contributed by atoms with van der Waals surface area (Å²) in [5.41, 5.74) is -0.0598. The molecule has 0 aliphatic rings. The Labute approximate surface area is 177 Å². The molecule has 1 aromatic carbocycles.